The highest BCUT2D eigenvalue weighted by Gasteiger charge is 2.23. The van der Waals surface area contributed by atoms with Gasteiger partial charge in [0.25, 0.3) is 0 Å². The topological polar surface area (TPSA) is 29.5 Å². The van der Waals surface area contributed by atoms with E-state index in [9.17, 15) is 4.79 Å². The molecule has 0 aromatic heterocycles. The summed E-state index contributed by atoms with van der Waals surface area (Å²) in [6, 6.07) is 9.62. The van der Waals surface area contributed by atoms with Crippen molar-refractivity contribution >= 4 is 5.97 Å². The molecule has 0 fully saturated rings. The van der Waals surface area contributed by atoms with E-state index in [1.54, 1.807) is 6.92 Å². The standard InChI is InChI=1S/C15H19NO2/c1-4-5-11-16(2)14(15(17)18-3)12-13-9-7-6-8-10-13/h6-10,14H,11-12H2,1-3H3/t14-/m0/s1. The van der Waals surface area contributed by atoms with Gasteiger partial charge in [-0.1, -0.05) is 36.3 Å². The Bertz CT molecular complexity index is 431. The molecule has 3 heteroatoms. The van der Waals surface area contributed by atoms with E-state index < -0.39 is 0 Å². The van der Waals surface area contributed by atoms with Gasteiger partial charge in [-0.15, -0.1) is 5.92 Å². The predicted octanol–water partition coefficient (Wildman–Crippen LogP) is 1.73. The van der Waals surface area contributed by atoms with Crippen LogP contribution in [-0.2, 0) is 16.0 Å². The summed E-state index contributed by atoms with van der Waals surface area (Å²) in [5.41, 5.74) is 1.12. The summed E-state index contributed by atoms with van der Waals surface area (Å²) in [6.45, 7) is 2.35. The summed E-state index contributed by atoms with van der Waals surface area (Å²) in [4.78, 5) is 13.7. The molecule has 1 rings (SSSR count). The average molecular weight is 245 g/mol. The molecule has 0 radical (unpaired) electrons. The Labute approximate surface area is 109 Å². The van der Waals surface area contributed by atoms with Crippen LogP contribution in [0.4, 0.5) is 0 Å². The molecule has 0 aliphatic heterocycles. The van der Waals surface area contributed by atoms with E-state index in [2.05, 4.69) is 11.8 Å². The van der Waals surface area contributed by atoms with Gasteiger partial charge < -0.3 is 4.74 Å². The van der Waals surface area contributed by atoms with Crippen LogP contribution >= 0.6 is 0 Å². The average Bonchev–Trinajstić information content (AvgIpc) is 2.42. The van der Waals surface area contributed by atoms with Crippen molar-refractivity contribution in [1.29, 1.82) is 0 Å². The predicted molar refractivity (Wildman–Crippen MR) is 72.0 cm³/mol. The van der Waals surface area contributed by atoms with Crippen molar-refractivity contribution in [2.24, 2.45) is 0 Å². The fraction of sp³-hybridized carbons (Fsp3) is 0.400. The second kappa shape index (κ2) is 7.52. The van der Waals surface area contributed by atoms with Crippen molar-refractivity contribution in [3.8, 4) is 11.8 Å². The lowest BCUT2D eigenvalue weighted by atomic mass is 10.1. The molecule has 3 nitrogen and oxygen atoms in total. The molecule has 0 bridgehead atoms. The van der Waals surface area contributed by atoms with Gasteiger partial charge in [-0.3, -0.25) is 9.69 Å². The van der Waals surface area contributed by atoms with Crippen molar-refractivity contribution < 1.29 is 9.53 Å². The van der Waals surface area contributed by atoms with Gasteiger partial charge in [-0.25, -0.2) is 0 Å². The van der Waals surface area contributed by atoms with E-state index in [1.807, 2.05) is 42.3 Å². The van der Waals surface area contributed by atoms with Gasteiger partial charge in [0.15, 0.2) is 0 Å². The summed E-state index contributed by atoms with van der Waals surface area (Å²) < 4.78 is 4.86. The summed E-state index contributed by atoms with van der Waals surface area (Å²) in [5.74, 6) is 5.57. The number of ether oxygens (including phenoxy) is 1. The number of methoxy groups -OCH3 is 1. The molecule has 0 saturated heterocycles. The molecule has 0 unspecified atom stereocenters. The molecular formula is C15H19NO2. The number of hydrogen-bond donors (Lipinski definition) is 0. The fourth-order valence-electron chi connectivity index (χ4n) is 1.71. The van der Waals surface area contributed by atoms with Gasteiger partial charge in [0.2, 0.25) is 0 Å². The number of rotatable bonds is 5. The number of hydrogen-bond acceptors (Lipinski definition) is 3. The molecule has 0 heterocycles. The summed E-state index contributed by atoms with van der Waals surface area (Å²) in [7, 11) is 3.30. The van der Waals surface area contributed by atoms with Crippen molar-refractivity contribution in [3.05, 3.63) is 35.9 Å². The summed E-state index contributed by atoms with van der Waals surface area (Å²) >= 11 is 0. The van der Waals surface area contributed by atoms with Gasteiger partial charge in [-0.05, 0) is 26.0 Å². The molecule has 0 aliphatic carbocycles. The van der Waals surface area contributed by atoms with Gasteiger partial charge in [-0.2, -0.15) is 0 Å². The molecule has 96 valence electrons. The van der Waals surface area contributed by atoms with Crippen LogP contribution in [0, 0.1) is 11.8 Å². The van der Waals surface area contributed by atoms with Gasteiger partial charge in [0.05, 0.1) is 13.7 Å². The van der Waals surface area contributed by atoms with Gasteiger partial charge in [0.1, 0.15) is 6.04 Å². The minimum atomic E-state index is -0.293. The number of likely N-dealkylation sites (N-methyl/N-ethyl adjacent to an activating group) is 1. The first-order valence-electron chi connectivity index (χ1n) is 5.90. The number of nitrogens with zero attached hydrogens (tertiary/aromatic N) is 1. The minimum absolute atomic E-state index is 0.223. The van der Waals surface area contributed by atoms with E-state index in [0.29, 0.717) is 13.0 Å². The monoisotopic (exact) mass is 245 g/mol. The zero-order valence-electron chi connectivity index (χ0n) is 11.1. The first kappa shape index (κ1) is 14.3. The lowest BCUT2D eigenvalue weighted by Gasteiger charge is -2.24. The van der Waals surface area contributed by atoms with Crippen LogP contribution < -0.4 is 0 Å². The Hall–Kier alpha value is -1.79. The largest absolute Gasteiger partial charge is 0.468 e. The van der Waals surface area contributed by atoms with Gasteiger partial charge >= 0.3 is 5.97 Å². The minimum Gasteiger partial charge on any atom is -0.468 e. The summed E-state index contributed by atoms with van der Waals surface area (Å²) in [6.07, 6.45) is 0.634. The normalized spacial score (nSPS) is 11.6. The quantitative estimate of drug-likeness (QED) is 0.584. The summed E-state index contributed by atoms with van der Waals surface area (Å²) in [5, 5.41) is 0. The molecular weight excluding hydrogens is 226 g/mol. The third-order valence-electron chi connectivity index (χ3n) is 2.78. The van der Waals surface area contributed by atoms with Gasteiger partial charge in [0, 0.05) is 0 Å². The molecule has 1 aromatic carbocycles. The second-order valence-corrected chi connectivity index (χ2v) is 4.07. The Kier molecular flexibility index (Phi) is 5.96. The van der Waals surface area contributed by atoms with Crippen molar-refractivity contribution in [2.45, 2.75) is 19.4 Å². The highest BCUT2D eigenvalue weighted by molar-refractivity contribution is 5.76. The molecule has 18 heavy (non-hydrogen) atoms. The third-order valence-corrected chi connectivity index (χ3v) is 2.78. The lowest BCUT2D eigenvalue weighted by molar-refractivity contribution is -0.146. The van der Waals surface area contributed by atoms with Crippen LogP contribution in [0.25, 0.3) is 0 Å². The van der Waals surface area contributed by atoms with Crippen LogP contribution in [0.3, 0.4) is 0 Å². The third kappa shape index (κ3) is 4.23. The van der Waals surface area contributed by atoms with E-state index in [1.165, 1.54) is 7.11 Å². The molecule has 1 atom stereocenters. The maximum Gasteiger partial charge on any atom is 0.323 e. The SMILES string of the molecule is CC#CCN(C)[C@@H](Cc1ccccc1)C(=O)OC. The van der Waals surface area contributed by atoms with Crippen molar-refractivity contribution in [1.82, 2.24) is 4.90 Å². The first-order chi connectivity index (χ1) is 8.69. The highest BCUT2D eigenvalue weighted by atomic mass is 16.5. The van der Waals surface area contributed by atoms with Crippen LogP contribution in [0.5, 0.6) is 0 Å². The molecule has 0 aliphatic rings. The lowest BCUT2D eigenvalue weighted by Crippen LogP contribution is -2.41. The molecule has 0 N–H and O–H groups in total. The molecule has 1 aromatic rings. The molecule has 0 saturated carbocycles. The van der Waals surface area contributed by atoms with E-state index in [-0.39, 0.29) is 12.0 Å². The Morgan fingerprint density at radius 2 is 2.06 bits per heavy atom. The van der Waals surface area contributed by atoms with Crippen LogP contribution in [0.2, 0.25) is 0 Å². The number of benzene rings is 1. The number of carbonyl (C=O) groups is 1. The molecule has 0 spiro atoms. The Morgan fingerprint density at radius 1 is 1.39 bits per heavy atom. The maximum absolute atomic E-state index is 11.8. The van der Waals surface area contributed by atoms with Crippen LogP contribution in [0.15, 0.2) is 30.3 Å². The van der Waals surface area contributed by atoms with E-state index >= 15 is 0 Å². The smallest absolute Gasteiger partial charge is 0.323 e. The van der Waals surface area contributed by atoms with E-state index in [0.717, 1.165) is 5.56 Å². The highest BCUT2D eigenvalue weighted by Crippen LogP contribution is 2.09. The van der Waals surface area contributed by atoms with E-state index in [4.69, 9.17) is 4.74 Å². The van der Waals surface area contributed by atoms with Crippen molar-refractivity contribution in [3.63, 3.8) is 0 Å². The number of carbonyl (C=O) groups excluding carboxylic acids is 1. The van der Waals surface area contributed by atoms with Crippen LogP contribution in [-0.4, -0.2) is 37.6 Å². The Balaban J connectivity index is 2.77. The second-order valence-electron chi connectivity index (χ2n) is 4.07. The number of esters is 1. The molecule has 0 amide bonds. The first-order valence-corrected chi connectivity index (χ1v) is 5.90. The zero-order chi connectivity index (χ0) is 13.4. The Morgan fingerprint density at radius 3 is 2.61 bits per heavy atom. The maximum atomic E-state index is 11.8. The zero-order valence-corrected chi connectivity index (χ0v) is 11.1. The van der Waals surface area contributed by atoms with Crippen LogP contribution in [0.1, 0.15) is 12.5 Å². The fourth-order valence-corrected chi connectivity index (χ4v) is 1.71. The van der Waals surface area contributed by atoms with Crippen molar-refractivity contribution in [2.75, 3.05) is 20.7 Å².